The molecular formula is C13H17N3O2. The molecule has 1 saturated carbocycles. The van der Waals surface area contributed by atoms with Crippen molar-refractivity contribution in [2.24, 2.45) is 0 Å². The second kappa shape index (κ2) is 5.53. The van der Waals surface area contributed by atoms with Crippen molar-refractivity contribution in [1.29, 1.82) is 0 Å². The zero-order chi connectivity index (χ0) is 13.0. The summed E-state index contributed by atoms with van der Waals surface area (Å²) in [6.07, 6.45) is 2.36. The molecule has 3 amide bonds. The molecule has 1 aliphatic carbocycles. The number of anilines is 1. The third kappa shape index (κ3) is 3.48. The number of nitrogens with one attached hydrogen (secondary N) is 3. The van der Waals surface area contributed by atoms with Crippen molar-refractivity contribution in [3.8, 4) is 0 Å². The summed E-state index contributed by atoms with van der Waals surface area (Å²) < 4.78 is 0. The fraction of sp³-hybridized carbons (Fsp3) is 0.385. The zero-order valence-electron chi connectivity index (χ0n) is 10.3. The summed E-state index contributed by atoms with van der Waals surface area (Å²) in [5.41, 5.74) is 1.49. The highest BCUT2D eigenvalue weighted by molar-refractivity contribution is 5.91. The van der Waals surface area contributed by atoms with Crippen LogP contribution in [0.4, 0.5) is 10.5 Å². The number of likely N-dealkylation sites (N-methyl/N-ethyl adjacent to an activating group) is 1. The van der Waals surface area contributed by atoms with Crippen LogP contribution >= 0.6 is 0 Å². The van der Waals surface area contributed by atoms with Gasteiger partial charge in [-0.15, -0.1) is 0 Å². The van der Waals surface area contributed by atoms with Crippen LogP contribution in [0.5, 0.6) is 0 Å². The molecule has 0 bridgehead atoms. The van der Waals surface area contributed by atoms with Crippen LogP contribution in [0.15, 0.2) is 24.3 Å². The minimum Gasteiger partial charge on any atom is -0.359 e. The molecule has 3 N–H and O–H groups in total. The number of carbonyl (C=O) groups excluding carboxylic acids is 2. The number of amides is 3. The van der Waals surface area contributed by atoms with Crippen molar-refractivity contribution < 1.29 is 9.59 Å². The predicted octanol–water partition coefficient (Wildman–Crippen LogP) is 1.26. The Labute approximate surface area is 106 Å². The molecule has 1 fully saturated rings. The van der Waals surface area contributed by atoms with Gasteiger partial charge in [-0.2, -0.15) is 0 Å². The van der Waals surface area contributed by atoms with Crippen LogP contribution in [0.1, 0.15) is 18.4 Å². The molecule has 1 aromatic carbocycles. The van der Waals surface area contributed by atoms with Crippen LogP contribution in [0, 0.1) is 0 Å². The van der Waals surface area contributed by atoms with Crippen LogP contribution in [0.25, 0.3) is 0 Å². The molecule has 0 saturated heterocycles. The van der Waals surface area contributed by atoms with E-state index in [2.05, 4.69) is 16.0 Å². The Morgan fingerprint density at radius 2 is 2.00 bits per heavy atom. The summed E-state index contributed by atoms with van der Waals surface area (Å²) in [7, 11) is 1.60. The van der Waals surface area contributed by atoms with Crippen LogP contribution in [0.3, 0.4) is 0 Å². The van der Waals surface area contributed by atoms with Gasteiger partial charge in [0.15, 0.2) is 0 Å². The first-order valence-electron chi connectivity index (χ1n) is 6.05. The predicted molar refractivity (Wildman–Crippen MR) is 69.4 cm³/mol. The van der Waals surface area contributed by atoms with E-state index in [9.17, 15) is 9.59 Å². The molecule has 0 heterocycles. The monoisotopic (exact) mass is 247 g/mol. The molecule has 1 aromatic rings. The molecule has 0 aliphatic heterocycles. The zero-order valence-corrected chi connectivity index (χ0v) is 10.3. The number of urea groups is 1. The second-order valence-corrected chi connectivity index (χ2v) is 4.38. The Bertz CT molecular complexity index is 455. The Balaban J connectivity index is 2.01. The molecule has 0 aromatic heterocycles. The molecule has 0 unspecified atom stereocenters. The molecule has 1 aliphatic rings. The summed E-state index contributed by atoms with van der Waals surface area (Å²) in [5.74, 6) is -0.0770. The fourth-order valence-electron chi connectivity index (χ4n) is 1.63. The highest BCUT2D eigenvalue weighted by Crippen LogP contribution is 2.20. The van der Waals surface area contributed by atoms with E-state index in [1.165, 1.54) is 0 Å². The van der Waals surface area contributed by atoms with Gasteiger partial charge in [0.2, 0.25) is 5.91 Å². The third-order valence-corrected chi connectivity index (χ3v) is 2.81. The third-order valence-electron chi connectivity index (χ3n) is 2.81. The maximum atomic E-state index is 11.6. The van der Waals surface area contributed by atoms with Gasteiger partial charge >= 0.3 is 6.03 Å². The van der Waals surface area contributed by atoms with Crippen LogP contribution in [0.2, 0.25) is 0 Å². The van der Waals surface area contributed by atoms with Crippen molar-refractivity contribution in [2.75, 3.05) is 12.4 Å². The van der Waals surface area contributed by atoms with E-state index in [0.29, 0.717) is 11.7 Å². The van der Waals surface area contributed by atoms with E-state index in [0.717, 1.165) is 18.4 Å². The number of para-hydroxylation sites is 1. The SMILES string of the molecule is CNC(=O)Cc1ccccc1NC(=O)NC1CC1. The van der Waals surface area contributed by atoms with Crippen molar-refractivity contribution in [3.05, 3.63) is 29.8 Å². The number of carbonyl (C=O) groups is 2. The lowest BCUT2D eigenvalue weighted by atomic mass is 10.1. The summed E-state index contributed by atoms with van der Waals surface area (Å²) in [6, 6.07) is 7.42. The first-order valence-corrected chi connectivity index (χ1v) is 6.05. The number of hydrogen-bond donors (Lipinski definition) is 3. The van der Waals surface area contributed by atoms with Gasteiger partial charge in [0, 0.05) is 18.8 Å². The van der Waals surface area contributed by atoms with E-state index < -0.39 is 0 Å². The minimum absolute atomic E-state index is 0.0770. The summed E-state index contributed by atoms with van der Waals surface area (Å²) >= 11 is 0. The van der Waals surface area contributed by atoms with Crippen LogP contribution in [-0.4, -0.2) is 25.0 Å². The minimum atomic E-state index is -0.207. The van der Waals surface area contributed by atoms with Gasteiger partial charge < -0.3 is 16.0 Å². The average Bonchev–Trinajstić information content (AvgIpc) is 3.15. The largest absolute Gasteiger partial charge is 0.359 e. The van der Waals surface area contributed by atoms with Gasteiger partial charge in [0.05, 0.1) is 6.42 Å². The second-order valence-electron chi connectivity index (χ2n) is 4.38. The van der Waals surface area contributed by atoms with E-state index in [-0.39, 0.29) is 18.4 Å². The fourth-order valence-corrected chi connectivity index (χ4v) is 1.63. The molecule has 0 radical (unpaired) electrons. The van der Waals surface area contributed by atoms with Crippen molar-refractivity contribution in [2.45, 2.75) is 25.3 Å². The highest BCUT2D eigenvalue weighted by Gasteiger charge is 2.23. The number of benzene rings is 1. The quantitative estimate of drug-likeness (QED) is 0.749. The Kier molecular flexibility index (Phi) is 3.82. The lowest BCUT2D eigenvalue weighted by molar-refractivity contribution is -0.119. The standard InChI is InChI=1S/C13H17N3O2/c1-14-12(17)8-9-4-2-3-5-11(9)16-13(18)15-10-6-7-10/h2-5,10H,6-8H2,1H3,(H,14,17)(H2,15,16,18). The highest BCUT2D eigenvalue weighted by atomic mass is 16.2. The maximum Gasteiger partial charge on any atom is 0.319 e. The molecular weight excluding hydrogens is 230 g/mol. The molecule has 96 valence electrons. The van der Waals surface area contributed by atoms with E-state index in [1.807, 2.05) is 18.2 Å². The van der Waals surface area contributed by atoms with Gasteiger partial charge in [-0.25, -0.2) is 4.79 Å². The Morgan fingerprint density at radius 3 is 2.67 bits per heavy atom. The molecule has 0 atom stereocenters. The number of rotatable bonds is 4. The van der Waals surface area contributed by atoms with Gasteiger partial charge in [-0.05, 0) is 24.5 Å². The van der Waals surface area contributed by atoms with Gasteiger partial charge in [-0.1, -0.05) is 18.2 Å². The summed E-state index contributed by atoms with van der Waals surface area (Å²) in [6.45, 7) is 0. The average molecular weight is 247 g/mol. The topological polar surface area (TPSA) is 70.2 Å². The summed E-state index contributed by atoms with van der Waals surface area (Å²) in [4.78, 5) is 23.0. The normalized spacial score (nSPS) is 13.8. The summed E-state index contributed by atoms with van der Waals surface area (Å²) in [5, 5.41) is 8.20. The van der Waals surface area contributed by atoms with Crippen molar-refractivity contribution >= 4 is 17.6 Å². The Hall–Kier alpha value is -2.04. The van der Waals surface area contributed by atoms with Gasteiger partial charge in [0.25, 0.3) is 0 Å². The number of hydrogen-bond acceptors (Lipinski definition) is 2. The Morgan fingerprint density at radius 1 is 1.28 bits per heavy atom. The lowest BCUT2D eigenvalue weighted by Gasteiger charge is -2.11. The maximum absolute atomic E-state index is 11.6. The molecule has 5 nitrogen and oxygen atoms in total. The van der Waals surface area contributed by atoms with Crippen molar-refractivity contribution in [3.63, 3.8) is 0 Å². The smallest absolute Gasteiger partial charge is 0.319 e. The lowest BCUT2D eigenvalue weighted by Crippen LogP contribution is -2.31. The molecule has 0 spiro atoms. The van der Waals surface area contributed by atoms with Gasteiger partial charge in [-0.3, -0.25) is 4.79 Å². The molecule has 5 heteroatoms. The van der Waals surface area contributed by atoms with Gasteiger partial charge in [0.1, 0.15) is 0 Å². The molecule has 2 rings (SSSR count). The first-order chi connectivity index (χ1) is 8.69. The van der Waals surface area contributed by atoms with E-state index >= 15 is 0 Å². The van der Waals surface area contributed by atoms with Crippen LogP contribution < -0.4 is 16.0 Å². The van der Waals surface area contributed by atoms with Crippen LogP contribution in [-0.2, 0) is 11.2 Å². The van der Waals surface area contributed by atoms with E-state index in [4.69, 9.17) is 0 Å². The molecule has 18 heavy (non-hydrogen) atoms. The first kappa shape index (κ1) is 12.4. The van der Waals surface area contributed by atoms with E-state index in [1.54, 1.807) is 13.1 Å². The van der Waals surface area contributed by atoms with Crippen molar-refractivity contribution in [1.82, 2.24) is 10.6 Å².